The van der Waals surface area contributed by atoms with E-state index in [1.807, 2.05) is 0 Å². The van der Waals surface area contributed by atoms with Gasteiger partial charge in [-0.15, -0.1) is 0 Å². The predicted molar refractivity (Wildman–Crippen MR) is 68.5 cm³/mol. The highest BCUT2D eigenvalue weighted by atomic mass is 35.5. The number of nitrogen functional groups attached to an aromatic ring is 1. The number of aromatic amines is 1. The van der Waals surface area contributed by atoms with Crippen LogP contribution in [0.3, 0.4) is 0 Å². The van der Waals surface area contributed by atoms with E-state index in [2.05, 4.69) is 14.9 Å². The molecule has 1 heterocycles. The summed E-state index contributed by atoms with van der Waals surface area (Å²) in [5.41, 5.74) is 6.61. The highest BCUT2D eigenvalue weighted by molar-refractivity contribution is 7.89. The van der Waals surface area contributed by atoms with Crippen molar-refractivity contribution in [3.8, 4) is 0 Å². The van der Waals surface area contributed by atoms with Gasteiger partial charge in [0.2, 0.25) is 10.0 Å². The third-order valence-corrected chi connectivity index (χ3v) is 4.15. The largest absolute Gasteiger partial charge is 0.399 e. The van der Waals surface area contributed by atoms with E-state index in [1.165, 1.54) is 24.4 Å². The van der Waals surface area contributed by atoms with Gasteiger partial charge in [0, 0.05) is 24.0 Å². The summed E-state index contributed by atoms with van der Waals surface area (Å²) in [5.74, 6) is 0. The van der Waals surface area contributed by atoms with Gasteiger partial charge in [-0.3, -0.25) is 5.10 Å². The average Bonchev–Trinajstić information content (AvgIpc) is 2.83. The van der Waals surface area contributed by atoms with Gasteiger partial charge < -0.3 is 5.73 Å². The minimum atomic E-state index is -3.69. The summed E-state index contributed by atoms with van der Waals surface area (Å²) in [5, 5.41) is 6.45. The Morgan fingerprint density at radius 3 is 2.89 bits per heavy atom. The van der Waals surface area contributed by atoms with Crippen LogP contribution in [0.5, 0.6) is 0 Å². The number of halogens is 1. The maximum Gasteiger partial charge on any atom is 0.242 e. The fraction of sp³-hybridized carbons (Fsp3) is 0.100. The standard InChI is InChI=1S/C10H11ClN4O2S/c11-9-2-1-8(12)3-10(9)18(16,17)15-6-7-4-13-14-5-7/h1-5,15H,6,12H2,(H,13,14). The number of nitrogens with one attached hydrogen (secondary N) is 2. The van der Waals surface area contributed by atoms with Gasteiger partial charge in [-0.1, -0.05) is 11.6 Å². The molecule has 18 heavy (non-hydrogen) atoms. The summed E-state index contributed by atoms with van der Waals surface area (Å²) in [6, 6.07) is 4.31. The number of nitrogens with zero attached hydrogens (tertiary/aromatic N) is 1. The molecule has 0 radical (unpaired) electrons. The van der Waals surface area contributed by atoms with Crippen molar-refractivity contribution in [2.75, 3.05) is 5.73 Å². The van der Waals surface area contributed by atoms with Crippen LogP contribution in [0.15, 0.2) is 35.5 Å². The lowest BCUT2D eigenvalue weighted by molar-refractivity contribution is 0.581. The molecule has 0 spiro atoms. The first-order valence-corrected chi connectivity index (χ1v) is 6.87. The van der Waals surface area contributed by atoms with Crippen molar-refractivity contribution in [2.24, 2.45) is 0 Å². The van der Waals surface area contributed by atoms with E-state index < -0.39 is 10.0 Å². The number of aromatic nitrogens is 2. The van der Waals surface area contributed by atoms with E-state index in [0.717, 1.165) is 5.56 Å². The van der Waals surface area contributed by atoms with Gasteiger partial charge in [0.05, 0.1) is 11.2 Å². The monoisotopic (exact) mass is 286 g/mol. The molecule has 2 aromatic rings. The lowest BCUT2D eigenvalue weighted by Gasteiger charge is -2.08. The molecule has 0 aliphatic rings. The van der Waals surface area contributed by atoms with Crippen molar-refractivity contribution in [3.05, 3.63) is 41.2 Å². The molecular weight excluding hydrogens is 276 g/mol. The van der Waals surface area contributed by atoms with Crippen LogP contribution in [-0.2, 0) is 16.6 Å². The van der Waals surface area contributed by atoms with E-state index in [0.29, 0.717) is 5.69 Å². The fourth-order valence-electron chi connectivity index (χ4n) is 1.36. The maximum atomic E-state index is 12.0. The average molecular weight is 287 g/mol. The van der Waals surface area contributed by atoms with Gasteiger partial charge >= 0.3 is 0 Å². The molecule has 0 aliphatic heterocycles. The van der Waals surface area contributed by atoms with Crippen LogP contribution in [0.1, 0.15) is 5.56 Å². The highest BCUT2D eigenvalue weighted by Gasteiger charge is 2.17. The fourth-order valence-corrected chi connectivity index (χ4v) is 2.91. The van der Waals surface area contributed by atoms with Gasteiger partial charge in [-0.05, 0) is 18.2 Å². The van der Waals surface area contributed by atoms with Gasteiger partial charge in [-0.25, -0.2) is 13.1 Å². The number of nitrogens with two attached hydrogens (primary N) is 1. The second-order valence-corrected chi connectivity index (χ2v) is 5.76. The third kappa shape index (κ3) is 2.81. The van der Waals surface area contributed by atoms with Crippen LogP contribution in [0, 0.1) is 0 Å². The number of H-pyrrole nitrogens is 1. The van der Waals surface area contributed by atoms with Crippen LogP contribution < -0.4 is 10.5 Å². The van der Waals surface area contributed by atoms with Gasteiger partial charge in [0.25, 0.3) is 0 Å². The van der Waals surface area contributed by atoms with Crippen LogP contribution in [-0.4, -0.2) is 18.6 Å². The number of hydrogen-bond donors (Lipinski definition) is 3. The topological polar surface area (TPSA) is 101 Å². The van der Waals surface area contributed by atoms with Crippen LogP contribution in [0.25, 0.3) is 0 Å². The summed E-state index contributed by atoms with van der Waals surface area (Å²) in [6.07, 6.45) is 3.13. The van der Waals surface area contributed by atoms with E-state index in [-0.39, 0.29) is 16.5 Å². The maximum absolute atomic E-state index is 12.0. The zero-order valence-corrected chi connectivity index (χ0v) is 10.8. The molecule has 96 valence electrons. The minimum absolute atomic E-state index is 0.0346. The normalized spacial score (nSPS) is 11.6. The number of rotatable bonds is 4. The zero-order chi connectivity index (χ0) is 13.2. The Balaban J connectivity index is 2.22. The predicted octanol–water partition coefficient (Wildman–Crippen LogP) is 1.12. The van der Waals surface area contributed by atoms with Crippen molar-refractivity contribution in [2.45, 2.75) is 11.4 Å². The first-order chi connectivity index (χ1) is 8.49. The first-order valence-electron chi connectivity index (χ1n) is 5.01. The second-order valence-electron chi connectivity index (χ2n) is 3.62. The van der Waals surface area contributed by atoms with Crippen molar-refractivity contribution in [3.63, 3.8) is 0 Å². The third-order valence-electron chi connectivity index (χ3n) is 2.27. The molecule has 0 fully saturated rings. The van der Waals surface area contributed by atoms with E-state index >= 15 is 0 Å². The van der Waals surface area contributed by atoms with Crippen molar-refractivity contribution in [1.82, 2.24) is 14.9 Å². The summed E-state index contributed by atoms with van der Waals surface area (Å²) in [6.45, 7) is 0.129. The van der Waals surface area contributed by atoms with Crippen molar-refractivity contribution >= 4 is 27.3 Å². The molecule has 0 atom stereocenters. The quantitative estimate of drug-likeness (QED) is 0.733. The number of benzene rings is 1. The first kappa shape index (κ1) is 12.9. The molecule has 8 heteroatoms. The Labute approximate surface area is 109 Å². The molecule has 1 aromatic carbocycles. The lowest BCUT2D eigenvalue weighted by atomic mass is 10.3. The molecule has 6 nitrogen and oxygen atoms in total. The number of hydrogen-bond acceptors (Lipinski definition) is 4. The van der Waals surface area contributed by atoms with Crippen molar-refractivity contribution in [1.29, 1.82) is 0 Å². The van der Waals surface area contributed by atoms with Crippen LogP contribution >= 0.6 is 11.6 Å². The Morgan fingerprint density at radius 2 is 2.22 bits per heavy atom. The van der Waals surface area contributed by atoms with Crippen molar-refractivity contribution < 1.29 is 8.42 Å². The lowest BCUT2D eigenvalue weighted by Crippen LogP contribution is -2.23. The van der Waals surface area contributed by atoms with E-state index in [9.17, 15) is 8.42 Å². The summed E-state index contributed by atoms with van der Waals surface area (Å²) in [4.78, 5) is -0.0346. The van der Waals surface area contributed by atoms with Gasteiger partial charge in [0.1, 0.15) is 4.90 Å². The number of anilines is 1. The van der Waals surface area contributed by atoms with Crippen LogP contribution in [0.4, 0.5) is 5.69 Å². The van der Waals surface area contributed by atoms with E-state index in [4.69, 9.17) is 17.3 Å². The van der Waals surface area contributed by atoms with Gasteiger partial charge in [0.15, 0.2) is 0 Å². The molecule has 0 saturated heterocycles. The molecule has 2 rings (SSSR count). The second kappa shape index (κ2) is 4.97. The molecule has 4 N–H and O–H groups in total. The smallest absolute Gasteiger partial charge is 0.242 e. The molecule has 0 saturated carbocycles. The molecular formula is C10H11ClN4O2S. The molecule has 0 aliphatic carbocycles. The molecule has 0 bridgehead atoms. The Hall–Kier alpha value is -1.57. The molecule has 0 unspecified atom stereocenters. The Kier molecular flexibility index (Phi) is 3.55. The number of sulfonamides is 1. The Morgan fingerprint density at radius 1 is 1.44 bits per heavy atom. The van der Waals surface area contributed by atoms with Crippen LogP contribution in [0.2, 0.25) is 5.02 Å². The minimum Gasteiger partial charge on any atom is -0.399 e. The van der Waals surface area contributed by atoms with Gasteiger partial charge in [-0.2, -0.15) is 5.10 Å². The van der Waals surface area contributed by atoms with E-state index in [1.54, 1.807) is 6.20 Å². The summed E-state index contributed by atoms with van der Waals surface area (Å²) < 4.78 is 26.5. The molecule has 1 aromatic heterocycles. The highest BCUT2D eigenvalue weighted by Crippen LogP contribution is 2.23. The SMILES string of the molecule is Nc1ccc(Cl)c(S(=O)(=O)NCc2cn[nH]c2)c1. The zero-order valence-electron chi connectivity index (χ0n) is 9.22. The Bertz CT molecular complexity index is 640. The molecule has 0 amide bonds. The summed E-state index contributed by atoms with van der Waals surface area (Å²) in [7, 11) is -3.69. The summed E-state index contributed by atoms with van der Waals surface area (Å²) >= 11 is 5.85.